The van der Waals surface area contributed by atoms with Gasteiger partial charge in [0.15, 0.2) is 5.13 Å². The number of anilines is 1. The number of carbonyl (C=O) groups is 1. The van der Waals surface area contributed by atoms with Crippen molar-refractivity contribution >= 4 is 22.4 Å². The van der Waals surface area contributed by atoms with Crippen LogP contribution in [-0.4, -0.2) is 10.9 Å². The summed E-state index contributed by atoms with van der Waals surface area (Å²) in [5, 5.41) is 3.69. The van der Waals surface area contributed by atoms with Crippen molar-refractivity contribution in [1.29, 1.82) is 0 Å². The average Bonchev–Trinajstić information content (AvgIpc) is 3.07. The first-order valence-electron chi connectivity index (χ1n) is 8.82. The Labute approximate surface area is 150 Å². The lowest BCUT2D eigenvalue weighted by Gasteiger charge is -2.18. The second-order valence-electron chi connectivity index (χ2n) is 7.52. The number of aromatic nitrogens is 1. The van der Waals surface area contributed by atoms with Crippen LogP contribution < -0.4 is 5.32 Å². The van der Waals surface area contributed by atoms with Crippen molar-refractivity contribution in [3.05, 3.63) is 58.9 Å². The predicted molar refractivity (Wildman–Crippen MR) is 95.8 cm³/mol. The van der Waals surface area contributed by atoms with Gasteiger partial charge in [-0.05, 0) is 54.2 Å². The molecule has 1 heterocycles. The van der Waals surface area contributed by atoms with Crippen LogP contribution in [0.3, 0.4) is 0 Å². The molecule has 3 aliphatic rings. The van der Waals surface area contributed by atoms with Crippen LogP contribution in [0.25, 0.3) is 0 Å². The highest BCUT2D eigenvalue weighted by Crippen LogP contribution is 2.70. The lowest BCUT2D eigenvalue weighted by molar-refractivity contribution is -0.120. The number of allylic oxidation sites excluding steroid dienone is 2. The van der Waals surface area contributed by atoms with Crippen molar-refractivity contribution < 1.29 is 9.18 Å². The van der Waals surface area contributed by atoms with E-state index in [4.69, 9.17) is 0 Å². The van der Waals surface area contributed by atoms with E-state index in [2.05, 4.69) is 22.5 Å². The van der Waals surface area contributed by atoms with Crippen LogP contribution in [-0.2, 0) is 11.2 Å². The Balaban J connectivity index is 1.25. The molecule has 0 aliphatic heterocycles. The summed E-state index contributed by atoms with van der Waals surface area (Å²) < 4.78 is 13.0. The quantitative estimate of drug-likeness (QED) is 0.826. The monoisotopic (exact) mass is 354 g/mol. The van der Waals surface area contributed by atoms with Gasteiger partial charge in [0.25, 0.3) is 0 Å². The molecule has 5 rings (SSSR count). The van der Waals surface area contributed by atoms with Crippen LogP contribution in [0, 0.1) is 29.0 Å². The Morgan fingerprint density at radius 2 is 2.08 bits per heavy atom. The maximum absolute atomic E-state index is 13.0. The number of rotatable bonds is 4. The zero-order valence-electron chi connectivity index (χ0n) is 13.7. The number of thiazole rings is 1. The van der Waals surface area contributed by atoms with Gasteiger partial charge < -0.3 is 5.32 Å². The third-order valence-corrected chi connectivity index (χ3v) is 7.05. The van der Waals surface area contributed by atoms with Crippen LogP contribution >= 0.6 is 11.3 Å². The molecule has 2 fully saturated rings. The molecule has 1 amide bonds. The summed E-state index contributed by atoms with van der Waals surface area (Å²) in [6.07, 6.45) is 10.6. The highest BCUT2D eigenvalue weighted by molar-refractivity contribution is 7.15. The van der Waals surface area contributed by atoms with E-state index < -0.39 is 0 Å². The van der Waals surface area contributed by atoms with Crippen LogP contribution in [0.15, 0.2) is 42.6 Å². The lowest BCUT2D eigenvalue weighted by atomic mass is 9.88. The highest BCUT2D eigenvalue weighted by Gasteiger charge is 2.64. The van der Waals surface area contributed by atoms with Gasteiger partial charge >= 0.3 is 0 Å². The van der Waals surface area contributed by atoms with E-state index >= 15 is 0 Å². The topological polar surface area (TPSA) is 42.0 Å². The van der Waals surface area contributed by atoms with Gasteiger partial charge in [0, 0.05) is 23.4 Å². The van der Waals surface area contributed by atoms with E-state index in [1.807, 2.05) is 0 Å². The number of hydrogen-bond donors (Lipinski definition) is 1. The number of nitrogens with zero attached hydrogens (tertiary/aromatic N) is 1. The van der Waals surface area contributed by atoms with E-state index in [0.717, 1.165) is 16.9 Å². The fourth-order valence-electron chi connectivity index (χ4n) is 4.72. The number of halogens is 1. The van der Waals surface area contributed by atoms with Crippen molar-refractivity contribution in [3.63, 3.8) is 0 Å². The molecule has 25 heavy (non-hydrogen) atoms. The molecule has 3 aliphatic carbocycles. The summed E-state index contributed by atoms with van der Waals surface area (Å²) in [5.74, 6) is 1.02. The molecule has 128 valence electrons. The van der Waals surface area contributed by atoms with E-state index in [0.29, 0.717) is 28.8 Å². The average molecular weight is 354 g/mol. The van der Waals surface area contributed by atoms with E-state index in [1.165, 1.54) is 36.3 Å². The molecule has 1 aromatic carbocycles. The van der Waals surface area contributed by atoms with Crippen LogP contribution in [0.4, 0.5) is 9.52 Å². The minimum Gasteiger partial charge on any atom is -0.302 e. The summed E-state index contributed by atoms with van der Waals surface area (Å²) >= 11 is 1.50. The Morgan fingerprint density at radius 1 is 1.28 bits per heavy atom. The molecule has 1 spiro atoms. The van der Waals surface area contributed by atoms with Gasteiger partial charge in [-0.25, -0.2) is 9.37 Å². The molecule has 3 nitrogen and oxygen atoms in total. The van der Waals surface area contributed by atoms with Crippen molar-refractivity contribution in [2.24, 2.45) is 23.2 Å². The molecular weight excluding hydrogens is 335 g/mol. The fourth-order valence-corrected chi connectivity index (χ4v) is 5.57. The smallest absolute Gasteiger partial charge is 0.229 e. The van der Waals surface area contributed by atoms with E-state index in [1.54, 1.807) is 18.3 Å². The molecule has 3 atom stereocenters. The van der Waals surface area contributed by atoms with Crippen molar-refractivity contribution in [3.8, 4) is 0 Å². The number of hydrogen-bond acceptors (Lipinski definition) is 3. The standard InChI is InChI=1S/C20H19FN2OS/c21-14-4-1-12(2-5-14)9-15-11-22-19(25-15)23-18(24)16-10-13-3-6-17(16)20(13)7-8-20/h1-6,11,13,16-17H,7-10H2,(H,22,23,24). The largest absolute Gasteiger partial charge is 0.302 e. The fraction of sp³-hybridized carbons (Fsp3) is 0.400. The molecule has 5 heteroatoms. The number of amides is 1. The second kappa shape index (κ2) is 5.49. The molecule has 1 aromatic heterocycles. The summed E-state index contributed by atoms with van der Waals surface area (Å²) in [5.41, 5.74) is 1.47. The Kier molecular flexibility index (Phi) is 3.35. The molecule has 3 unspecified atom stereocenters. The molecular formula is C20H19FN2OS. The molecule has 2 aromatic rings. The third-order valence-electron chi connectivity index (χ3n) is 6.13. The van der Waals surface area contributed by atoms with Crippen molar-refractivity contribution in [2.45, 2.75) is 25.7 Å². The maximum atomic E-state index is 13.0. The van der Waals surface area contributed by atoms with Crippen LogP contribution in [0.1, 0.15) is 29.7 Å². The summed E-state index contributed by atoms with van der Waals surface area (Å²) in [6.45, 7) is 0. The predicted octanol–water partition coefficient (Wildman–Crippen LogP) is 4.41. The summed E-state index contributed by atoms with van der Waals surface area (Å²) in [4.78, 5) is 18.1. The zero-order valence-corrected chi connectivity index (χ0v) is 14.6. The Morgan fingerprint density at radius 3 is 2.80 bits per heavy atom. The van der Waals surface area contributed by atoms with Gasteiger partial charge in [0.05, 0.1) is 0 Å². The van der Waals surface area contributed by atoms with Gasteiger partial charge in [-0.3, -0.25) is 4.79 Å². The molecule has 2 saturated carbocycles. The third kappa shape index (κ3) is 2.53. The minimum atomic E-state index is -0.227. The number of benzene rings is 1. The van der Waals surface area contributed by atoms with Gasteiger partial charge in [-0.1, -0.05) is 24.3 Å². The van der Waals surface area contributed by atoms with E-state index in [9.17, 15) is 9.18 Å². The van der Waals surface area contributed by atoms with Gasteiger partial charge in [0.1, 0.15) is 5.82 Å². The van der Waals surface area contributed by atoms with E-state index in [-0.39, 0.29) is 17.6 Å². The van der Waals surface area contributed by atoms with Gasteiger partial charge in [-0.2, -0.15) is 0 Å². The summed E-state index contributed by atoms with van der Waals surface area (Å²) in [7, 11) is 0. The first-order chi connectivity index (χ1) is 12.1. The van der Waals surface area contributed by atoms with Gasteiger partial charge in [-0.15, -0.1) is 11.3 Å². The molecule has 0 radical (unpaired) electrons. The summed E-state index contributed by atoms with van der Waals surface area (Å²) in [6, 6.07) is 6.50. The molecule has 1 N–H and O–H groups in total. The van der Waals surface area contributed by atoms with Crippen molar-refractivity contribution in [2.75, 3.05) is 5.32 Å². The first kappa shape index (κ1) is 15.3. The Hall–Kier alpha value is -2.01. The molecule has 2 bridgehead atoms. The SMILES string of the molecule is O=C(Nc1ncc(Cc2ccc(F)cc2)s1)C1CC2C=CC1C21CC1. The van der Waals surface area contributed by atoms with Crippen molar-refractivity contribution in [1.82, 2.24) is 4.98 Å². The lowest BCUT2D eigenvalue weighted by Crippen LogP contribution is -2.27. The van der Waals surface area contributed by atoms with Crippen LogP contribution in [0.5, 0.6) is 0 Å². The number of nitrogens with one attached hydrogen (secondary N) is 1. The minimum absolute atomic E-state index is 0.0990. The normalized spacial score (nSPS) is 27.8. The second-order valence-corrected chi connectivity index (χ2v) is 8.63. The zero-order chi connectivity index (χ0) is 17.0. The van der Waals surface area contributed by atoms with Gasteiger partial charge in [0.2, 0.25) is 5.91 Å². The maximum Gasteiger partial charge on any atom is 0.229 e. The molecule has 0 saturated heterocycles. The Bertz CT molecular complexity index is 853. The highest BCUT2D eigenvalue weighted by atomic mass is 32.1. The number of carbonyl (C=O) groups excluding carboxylic acids is 1. The first-order valence-corrected chi connectivity index (χ1v) is 9.64. The van der Waals surface area contributed by atoms with Crippen LogP contribution in [0.2, 0.25) is 0 Å².